The van der Waals surface area contributed by atoms with E-state index >= 15 is 0 Å². The first kappa shape index (κ1) is 16.2. The van der Waals surface area contributed by atoms with Crippen LogP contribution >= 0.6 is 11.6 Å². The van der Waals surface area contributed by atoms with Crippen molar-refractivity contribution in [3.63, 3.8) is 0 Å². The number of halogens is 1. The van der Waals surface area contributed by atoms with Crippen LogP contribution in [0.25, 0.3) is 0 Å². The van der Waals surface area contributed by atoms with Crippen LogP contribution in [0.5, 0.6) is 0 Å². The fourth-order valence-corrected chi connectivity index (χ4v) is 3.62. The Balaban J connectivity index is 2.20. The summed E-state index contributed by atoms with van der Waals surface area (Å²) in [5, 5.41) is 0. The highest BCUT2D eigenvalue weighted by Crippen LogP contribution is 2.16. The Morgan fingerprint density at radius 2 is 1.94 bits per heavy atom. The molecule has 1 aliphatic heterocycles. The third-order valence-electron chi connectivity index (χ3n) is 3.54. The summed E-state index contributed by atoms with van der Waals surface area (Å²) in [5.41, 5.74) is 0. The fourth-order valence-electron chi connectivity index (χ4n) is 2.21. The molecule has 1 aliphatic rings. The summed E-state index contributed by atoms with van der Waals surface area (Å²) in [5.74, 6) is 1.23. The van der Waals surface area contributed by atoms with Crippen molar-refractivity contribution in [3.05, 3.63) is 0 Å². The molecule has 0 aromatic carbocycles. The molecule has 0 amide bonds. The Morgan fingerprint density at radius 3 is 2.50 bits per heavy atom. The number of rotatable bonds is 8. The first-order valence-electron chi connectivity index (χ1n) is 6.83. The molecule has 0 saturated carbocycles. The fraction of sp³-hybridized carbons (Fsp3) is 1.00. The molecule has 0 unspecified atom stereocenters. The summed E-state index contributed by atoms with van der Waals surface area (Å²) >= 11 is 5.54. The van der Waals surface area contributed by atoms with Gasteiger partial charge in [-0.25, -0.2) is 13.1 Å². The number of nitrogens with one attached hydrogen (secondary N) is 1. The number of likely N-dealkylation sites (tertiary alicyclic amines) is 1. The van der Waals surface area contributed by atoms with E-state index < -0.39 is 10.0 Å². The van der Waals surface area contributed by atoms with Crippen molar-refractivity contribution in [2.75, 3.05) is 37.8 Å². The monoisotopic (exact) mass is 296 g/mol. The molecule has 6 heteroatoms. The van der Waals surface area contributed by atoms with Gasteiger partial charge >= 0.3 is 0 Å². The van der Waals surface area contributed by atoms with Crippen LogP contribution in [0.4, 0.5) is 0 Å². The number of nitrogens with zero attached hydrogens (tertiary/aromatic N) is 1. The number of hydrogen-bond acceptors (Lipinski definition) is 3. The third kappa shape index (κ3) is 6.36. The maximum absolute atomic E-state index is 11.7. The van der Waals surface area contributed by atoms with E-state index in [4.69, 9.17) is 11.6 Å². The summed E-state index contributed by atoms with van der Waals surface area (Å²) in [6.07, 6.45) is 3.60. The van der Waals surface area contributed by atoms with E-state index in [1.165, 1.54) is 0 Å². The molecule has 18 heavy (non-hydrogen) atoms. The number of unbranched alkanes of at least 4 members (excludes halogenated alkanes) is 1. The molecule has 0 spiro atoms. The summed E-state index contributed by atoms with van der Waals surface area (Å²) in [4.78, 5) is 2.41. The molecule has 1 saturated heterocycles. The molecule has 0 aliphatic carbocycles. The molecule has 0 radical (unpaired) electrons. The Morgan fingerprint density at radius 1 is 1.28 bits per heavy atom. The van der Waals surface area contributed by atoms with Crippen LogP contribution < -0.4 is 4.72 Å². The van der Waals surface area contributed by atoms with Crippen molar-refractivity contribution in [2.24, 2.45) is 5.92 Å². The van der Waals surface area contributed by atoms with E-state index in [-0.39, 0.29) is 5.75 Å². The molecule has 1 heterocycles. The predicted octanol–water partition coefficient (Wildman–Crippen LogP) is 1.66. The Labute approximate surface area is 116 Å². The summed E-state index contributed by atoms with van der Waals surface area (Å²) in [6, 6.07) is 0. The highest BCUT2D eigenvalue weighted by molar-refractivity contribution is 7.89. The molecule has 1 N–H and O–H groups in total. The smallest absolute Gasteiger partial charge is 0.211 e. The van der Waals surface area contributed by atoms with E-state index in [0.717, 1.165) is 38.9 Å². The normalized spacial score (nSPS) is 19.2. The van der Waals surface area contributed by atoms with Crippen LogP contribution in [-0.2, 0) is 10.0 Å². The molecule has 0 aromatic heterocycles. The van der Waals surface area contributed by atoms with Crippen LogP contribution in [0.2, 0.25) is 0 Å². The largest absolute Gasteiger partial charge is 0.304 e. The van der Waals surface area contributed by atoms with Crippen LogP contribution in [-0.4, -0.2) is 51.1 Å². The highest BCUT2D eigenvalue weighted by atomic mass is 35.5. The number of alkyl halides is 1. The maximum Gasteiger partial charge on any atom is 0.211 e. The van der Waals surface area contributed by atoms with Crippen molar-refractivity contribution >= 4 is 21.6 Å². The zero-order valence-corrected chi connectivity index (χ0v) is 12.8. The first-order valence-corrected chi connectivity index (χ1v) is 9.01. The summed E-state index contributed by atoms with van der Waals surface area (Å²) in [7, 11) is -3.09. The third-order valence-corrected chi connectivity index (χ3v) is 5.24. The topological polar surface area (TPSA) is 49.4 Å². The minimum atomic E-state index is -3.09. The predicted molar refractivity (Wildman–Crippen MR) is 76.6 cm³/mol. The van der Waals surface area contributed by atoms with Crippen molar-refractivity contribution < 1.29 is 8.42 Å². The second-order valence-corrected chi connectivity index (χ2v) is 7.25. The van der Waals surface area contributed by atoms with E-state index in [1.54, 1.807) is 0 Å². The zero-order valence-electron chi connectivity index (χ0n) is 11.2. The van der Waals surface area contributed by atoms with Gasteiger partial charge in [0.15, 0.2) is 0 Å². The molecule has 0 bridgehead atoms. The average Bonchev–Trinajstić information content (AvgIpc) is 2.37. The second-order valence-electron chi connectivity index (χ2n) is 4.94. The average molecular weight is 297 g/mol. The molecular weight excluding hydrogens is 272 g/mol. The zero-order chi connectivity index (χ0) is 13.4. The number of piperidine rings is 1. The Kier molecular flexibility index (Phi) is 7.53. The van der Waals surface area contributed by atoms with Gasteiger partial charge in [0, 0.05) is 12.4 Å². The van der Waals surface area contributed by atoms with Gasteiger partial charge in [0.2, 0.25) is 10.0 Å². The van der Waals surface area contributed by atoms with Crippen molar-refractivity contribution in [1.29, 1.82) is 0 Å². The second kappa shape index (κ2) is 8.35. The van der Waals surface area contributed by atoms with Gasteiger partial charge in [-0.05, 0) is 51.2 Å². The minimum Gasteiger partial charge on any atom is -0.304 e. The molecular formula is C12H25ClN2O2S. The van der Waals surface area contributed by atoms with Crippen LogP contribution in [0.3, 0.4) is 0 Å². The van der Waals surface area contributed by atoms with Crippen molar-refractivity contribution in [3.8, 4) is 0 Å². The standard InChI is InChI=1S/C12H25ClN2O2S/c1-2-15-8-5-12(6-9-15)11-14-18(16,17)10-4-3-7-13/h12,14H,2-11H2,1H3. The van der Waals surface area contributed by atoms with Gasteiger partial charge in [-0.15, -0.1) is 11.6 Å². The van der Waals surface area contributed by atoms with E-state index in [9.17, 15) is 8.42 Å². The van der Waals surface area contributed by atoms with Gasteiger partial charge in [0.25, 0.3) is 0 Å². The summed E-state index contributed by atoms with van der Waals surface area (Å²) < 4.78 is 26.1. The van der Waals surface area contributed by atoms with Gasteiger partial charge in [-0.2, -0.15) is 0 Å². The lowest BCUT2D eigenvalue weighted by atomic mass is 9.97. The molecule has 0 aromatic rings. The lowest BCUT2D eigenvalue weighted by molar-refractivity contribution is 0.194. The van der Waals surface area contributed by atoms with Crippen LogP contribution in [0.15, 0.2) is 0 Å². The van der Waals surface area contributed by atoms with Crippen LogP contribution in [0.1, 0.15) is 32.6 Å². The SMILES string of the molecule is CCN1CCC(CNS(=O)(=O)CCCCCl)CC1. The lowest BCUT2D eigenvalue weighted by Crippen LogP contribution is -2.39. The van der Waals surface area contributed by atoms with Crippen molar-refractivity contribution in [2.45, 2.75) is 32.6 Å². The maximum atomic E-state index is 11.7. The molecule has 1 rings (SSSR count). The van der Waals surface area contributed by atoms with Crippen LogP contribution in [0, 0.1) is 5.92 Å². The summed E-state index contributed by atoms with van der Waals surface area (Å²) in [6.45, 7) is 6.04. The minimum absolute atomic E-state index is 0.202. The Bertz CT molecular complexity index is 314. The molecule has 1 fully saturated rings. The van der Waals surface area contributed by atoms with Gasteiger partial charge < -0.3 is 4.90 Å². The van der Waals surface area contributed by atoms with Gasteiger partial charge in [-0.3, -0.25) is 0 Å². The quantitative estimate of drug-likeness (QED) is 0.547. The molecule has 0 atom stereocenters. The Hall–Kier alpha value is 0.160. The lowest BCUT2D eigenvalue weighted by Gasteiger charge is -2.30. The van der Waals surface area contributed by atoms with Crippen molar-refractivity contribution in [1.82, 2.24) is 9.62 Å². The number of sulfonamides is 1. The van der Waals surface area contributed by atoms with E-state index in [1.807, 2.05) is 0 Å². The number of hydrogen-bond donors (Lipinski definition) is 1. The molecule has 4 nitrogen and oxygen atoms in total. The van der Waals surface area contributed by atoms with E-state index in [0.29, 0.717) is 24.8 Å². The first-order chi connectivity index (χ1) is 8.57. The van der Waals surface area contributed by atoms with Gasteiger partial charge in [0.1, 0.15) is 0 Å². The van der Waals surface area contributed by atoms with Gasteiger partial charge in [-0.1, -0.05) is 6.92 Å². The molecule has 108 valence electrons. The highest BCUT2D eigenvalue weighted by Gasteiger charge is 2.19. The van der Waals surface area contributed by atoms with E-state index in [2.05, 4.69) is 16.5 Å². The van der Waals surface area contributed by atoms with Gasteiger partial charge in [0.05, 0.1) is 5.75 Å².